The molecule has 6 nitrogen and oxygen atoms in total. The Hall–Kier alpha value is -3.19. The van der Waals surface area contributed by atoms with Gasteiger partial charge in [0.15, 0.2) is 5.17 Å². The number of nitrogens with one attached hydrogen (secondary N) is 1. The summed E-state index contributed by atoms with van der Waals surface area (Å²) in [5.41, 5.74) is 4.56. The minimum absolute atomic E-state index is 0.0225. The maximum Gasteiger partial charge on any atom is 0.290 e. The van der Waals surface area contributed by atoms with E-state index in [1.807, 2.05) is 67.6 Å². The van der Waals surface area contributed by atoms with Gasteiger partial charge in [0.05, 0.1) is 17.3 Å². The zero-order chi connectivity index (χ0) is 19.5. The number of aromatic nitrogens is 1. The third kappa shape index (κ3) is 3.75. The molecule has 2 amide bonds. The number of thioether (sulfide) groups is 1. The van der Waals surface area contributed by atoms with Crippen molar-refractivity contribution in [1.82, 2.24) is 15.3 Å². The Balaban J connectivity index is 1.52. The van der Waals surface area contributed by atoms with Gasteiger partial charge >= 0.3 is 0 Å². The lowest BCUT2D eigenvalue weighted by atomic mass is 10.2. The van der Waals surface area contributed by atoms with Gasteiger partial charge in [-0.05, 0) is 24.6 Å². The molecule has 0 bridgehead atoms. The van der Waals surface area contributed by atoms with Crippen LogP contribution in [0.5, 0.6) is 0 Å². The van der Waals surface area contributed by atoms with Crippen LogP contribution in [0.1, 0.15) is 23.0 Å². The second kappa shape index (κ2) is 7.82. The molecule has 28 heavy (non-hydrogen) atoms. The molecule has 0 radical (unpaired) electrons. The van der Waals surface area contributed by atoms with E-state index in [0.717, 1.165) is 16.5 Å². The Morgan fingerprint density at radius 2 is 1.86 bits per heavy atom. The van der Waals surface area contributed by atoms with Gasteiger partial charge in [0.2, 0.25) is 5.91 Å². The van der Waals surface area contributed by atoms with Crippen LogP contribution in [0, 0.1) is 0 Å². The van der Waals surface area contributed by atoms with Crippen molar-refractivity contribution >= 4 is 39.6 Å². The highest BCUT2D eigenvalue weighted by Gasteiger charge is 2.35. The molecule has 0 saturated carbocycles. The number of hydrogen-bond acceptors (Lipinski definition) is 5. The van der Waals surface area contributed by atoms with E-state index in [0.29, 0.717) is 11.7 Å². The quantitative estimate of drug-likeness (QED) is 0.693. The van der Waals surface area contributed by atoms with Gasteiger partial charge in [0.1, 0.15) is 5.69 Å². The van der Waals surface area contributed by atoms with E-state index in [9.17, 15) is 9.59 Å². The molecule has 3 aromatic rings. The number of carbonyl (C=O) groups is 2. The highest BCUT2D eigenvalue weighted by Crippen LogP contribution is 2.28. The summed E-state index contributed by atoms with van der Waals surface area (Å²) in [6.07, 6.45) is 0. The summed E-state index contributed by atoms with van der Waals surface area (Å²) in [6.45, 7) is 2.25. The Kier molecular flexibility index (Phi) is 5.08. The van der Waals surface area contributed by atoms with Crippen LogP contribution in [-0.4, -0.2) is 32.1 Å². The number of para-hydroxylation sites is 1. The lowest BCUT2D eigenvalue weighted by Crippen LogP contribution is -2.32. The number of pyridine rings is 1. The first-order valence-electron chi connectivity index (χ1n) is 8.87. The number of hydrogen-bond donors (Lipinski definition) is 1. The number of hydrazone groups is 1. The first-order valence-corrected chi connectivity index (χ1v) is 9.75. The standard InChI is InChI=1S/C21H18N4O2S/c1-14-20(27)25(13-15-7-3-2-4-8-15)21(28-14)24-23-19(26)18-12-11-16-9-5-6-10-17(16)22-18/h2-12,14H,13H2,1H3,(H,23,26)/b24-21-. The van der Waals surface area contributed by atoms with Gasteiger partial charge in [-0.25, -0.2) is 10.4 Å². The molecule has 2 heterocycles. The topological polar surface area (TPSA) is 74.7 Å². The molecule has 1 aromatic heterocycles. The molecule has 1 aliphatic heterocycles. The monoisotopic (exact) mass is 390 g/mol. The average molecular weight is 390 g/mol. The highest BCUT2D eigenvalue weighted by molar-refractivity contribution is 8.15. The van der Waals surface area contributed by atoms with Gasteiger partial charge < -0.3 is 0 Å². The van der Waals surface area contributed by atoms with Crippen LogP contribution in [0.2, 0.25) is 0 Å². The van der Waals surface area contributed by atoms with Gasteiger partial charge in [-0.3, -0.25) is 14.5 Å². The third-order valence-corrected chi connectivity index (χ3v) is 5.47. The fourth-order valence-corrected chi connectivity index (χ4v) is 3.86. The van der Waals surface area contributed by atoms with Crippen molar-refractivity contribution in [2.24, 2.45) is 5.10 Å². The second-order valence-electron chi connectivity index (χ2n) is 6.39. The summed E-state index contributed by atoms with van der Waals surface area (Å²) in [4.78, 5) is 30.9. The van der Waals surface area contributed by atoms with Crippen molar-refractivity contribution < 1.29 is 9.59 Å². The van der Waals surface area contributed by atoms with Crippen molar-refractivity contribution in [2.75, 3.05) is 0 Å². The van der Waals surface area contributed by atoms with Gasteiger partial charge in [-0.1, -0.05) is 66.4 Å². The number of fused-ring (bicyclic) bond motifs is 1. The molecule has 0 aliphatic carbocycles. The summed E-state index contributed by atoms with van der Waals surface area (Å²) in [5.74, 6) is -0.434. The molecule has 4 rings (SSSR count). The van der Waals surface area contributed by atoms with Crippen LogP contribution >= 0.6 is 11.8 Å². The number of rotatable bonds is 4. The molecular weight excluding hydrogens is 372 g/mol. The predicted molar refractivity (Wildman–Crippen MR) is 111 cm³/mol. The Labute approximate surface area is 166 Å². The molecule has 0 spiro atoms. The number of amidine groups is 1. The van der Waals surface area contributed by atoms with E-state index in [1.54, 1.807) is 11.0 Å². The van der Waals surface area contributed by atoms with Crippen LogP contribution in [0.3, 0.4) is 0 Å². The number of carbonyl (C=O) groups excluding carboxylic acids is 2. The molecule has 1 fully saturated rings. The normalized spacial score (nSPS) is 18.0. The SMILES string of the molecule is CC1S/C(=N\NC(=O)c2ccc3ccccc3n2)N(Cc2ccccc2)C1=O. The fourth-order valence-electron chi connectivity index (χ4n) is 2.93. The molecule has 1 atom stereocenters. The first kappa shape index (κ1) is 18.2. The summed E-state index contributed by atoms with van der Waals surface area (Å²) in [7, 11) is 0. The summed E-state index contributed by atoms with van der Waals surface area (Å²) >= 11 is 1.33. The fraction of sp³-hybridized carbons (Fsp3) is 0.143. The van der Waals surface area contributed by atoms with E-state index < -0.39 is 5.91 Å². The molecule has 1 saturated heterocycles. The molecule has 7 heteroatoms. The van der Waals surface area contributed by atoms with Crippen molar-refractivity contribution in [3.8, 4) is 0 Å². The molecule has 2 aromatic carbocycles. The lowest BCUT2D eigenvalue weighted by molar-refractivity contribution is -0.126. The molecule has 1 aliphatic rings. The Morgan fingerprint density at radius 3 is 2.68 bits per heavy atom. The Morgan fingerprint density at radius 1 is 1.11 bits per heavy atom. The van der Waals surface area contributed by atoms with Crippen molar-refractivity contribution in [3.05, 3.63) is 78.0 Å². The van der Waals surface area contributed by atoms with Gasteiger partial charge in [0.25, 0.3) is 5.91 Å². The van der Waals surface area contributed by atoms with Crippen molar-refractivity contribution in [2.45, 2.75) is 18.7 Å². The van der Waals surface area contributed by atoms with E-state index in [1.165, 1.54) is 11.8 Å². The predicted octanol–water partition coefficient (Wildman–Crippen LogP) is 3.40. The highest BCUT2D eigenvalue weighted by atomic mass is 32.2. The largest absolute Gasteiger partial charge is 0.290 e. The first-order chi connectivity index (χ1) is 13.6. The number of nitrogens with zero attached hydrogens (tertiary/aromatic N) is 3. The van der Waals surface area contributed by atoms with Crippen LogP contribution in [-0.2, 0) is 11.3 Å². The second-order valence-corrected chi connectivity index (χ2v) is 7.70. The van der Waals surface area contributed by atoms with Crippen LogP contribution in [0.25, 0.3) is 10.9 Å². The average Bonchev–Trinajstić information content (AvgIpc) is 3.00. The van der Waals surface area contributed by atoms with Crippen molar-refractivity contribution in [3.63, 3.8) is 0 Å². The van der Waals surface area contributed by atoms with Gasteiger partial charge in [-0.15, -0.1) is 5.10 Å². The summed E-state index contributed by atoms with van der Waals surface area (Å²) in [5, 5.41) is 5.41. The number of amides is 2. The summed E-state index contributed by atoms with van der Waals surface area (Å²) in [6, 6.07) is 20.8. The van der Waals surface area contributed by atoms with Crippen LogP contribution in [0.4, 0.5) is 0 Å². The van der Waals surface area contributed by atoms with Crippen molar-refractivity contribution in [1.29, 1.82) is 0 Å². The smallest absolute Gasteiger partial charge is 0.284 e. The summed E-state index contributed by atoms with van der Waals surface area (Å²) < 4.78 is 0. The number of benzene rings is 2. The minimum Gasteiger partial charge on any atom is -0.284 e. The van der Waals surface area contributed by atoms with E-state index in [2.05, 4.69) is 15.5 Å². The van der Waals surface area contributed by atoms with Crippen LogP contribution in [0.15, 0.2) is 71.8 Å². The molecule has 140 valence electrons. The molecule has 1 unspecified atom stereocenters. The maximum absolute atomic E-state index is 12.5. The maximum atomic E-state index is 12.5. The molecule has 1 N–H and O–H groups in total. The zero-order valence-corrected chi connectivity index (χ0v) is 16.0. The van der Waals surface area contributed by atoms with Gasteiger partial charge in [-0.2, -0.15) is 0 Å². The lowest BCUT2D eigenvalue weighted by Gasteiger charge is -2.16. The third-order valence-electron chi connectivity index (χ3n) is 4.39. The van der Waals surface area contributed by atoms with Crippen LogP contribution < -0.4 is 5.43 Å². The molecular formula is C21H18N4O2S. The zero-order valence-electron chi connectivity index (χ0n) is 15.2. The van der Waals surface area contributed by atoms with E-state index >= 15 is 0 Å². The van der Waals surface area contributed by atoms with E-state index in [4.69, 9.17) is 0 Å². The van der Waals surface area contributed by atoms with Gasteiger partial charge in [0, 0.05) is 5.39 Å². The Bertz CT molecular complexity index is 1070. The van der Waals surface area contributed by atoms with E-state index in [-0.39, 0.29) is 16.9 Å². The minimum atomic E-state index is -0.412.